The topological polar surface area (TPSA) is 62.1 Å². The van der Waals surface area contributed by atoms with Gasteiger partial charge in [0.2, 0.25) is 0 Å². The number of pyridine rings is 3. The summed E-state index contributed by atoms with van der Waals surface area (Å²) in [5.41, 5.74) is 8.00. The van der Waals surface area contributed by atoms with E-state index in [9.17, 15) is 5.11 Å². The smallest absolute Gasteiger partial charge is 0.140 e. The molecule has 7 rings (SSSR count). The Hall–Kier alpha value is -4.34. The molecule has 0 spiro atoms. The van der Waals surface area contributed by atoms with Crippen molar-refractivity contribution in [2.24, 2.45) is 0 Å². The maximum atomic E-state index is 10.4. The Morgan fingerprint density at radius 2 is 1.62 bits per heavy atom. The number of hydrogen-bond donors (Lipinski definition) is 1. The van der Waals surface area contributed by atoms with Gasteiger partial charge in [-0.15, -0.1) is 23.8 Å². The molecule has 1 N–H and O–H groups in total. The molecule has 0 saturated heterocycles. The fraction of sp³-hybridized carbons (Fsp3) is 0.0882. The number of rotatable bonds is 3. The van der Waals surface area contributed by atoms with Gasteiger partial charge in [0.15, 0.2) is 0 Å². The second-order valence-electron chi connectivity index (χ2n) is 10.3. The van der Waals surface area contributed by atoms with Crippen molar-refractivity contribution in [3.63, 3.8) is 0 Å². The first kappa shape index (κ1) is 25.9. The number of aromatic hydroxyl groups is 1. The summed E-state index contributed by atoms with van der Waals surface area (Å²) < 4.78 is 0. The molecule has 0 saturated carbocycles. The third-order valence-corrected chi connectivity index (χ3v) is 7.50. The molecule has 0 aliphatic carbocycles. The molecule has 3 aromatic carbocycles. The minimum absolute atomic E-state index is 0. The van der Waals surface area contributed by atoms with E-state index in [0.29, 0.717) is 5.52 Å². The number of nitrogens with zero attached hydrogens (tertiary/aromatic N) is 4. The standard InChI is InChI=1S/C34H25N4O.Pt/c1-34(2)26-15-13-25(27-16-14-23-10-6-12-30(39)32(23)37-27)20-29(26)38(28-11-7-18-36-33(28)34)31-21-24(17-19-35-31)22-8-4-3-5-9-22;/h3-19,21,39H,1-2H3;/q-1;. The fourth-order valence-corrected chi connectivity index (χ4v) is 5.49. The van der Waals surface area contributed by atoms with Gasteiger partial charge < -0.3 is 10.0 Å². The van der Waals surface area contributed by atoms with E-state index >= 15 is 0 Å². The van der Waals surface area contributed by atoms with Crippen molar-refractivity contribution in [1.29, 1.82) is 0 Å². The molecule has 4 heterocycles. The van der Waals surface area contributed by atoms with Crippen LogP contribution >= 0.6 is 0 Å². The van der Waals surface area contributed by atoms with E-state index < -0.39 is 0 Å². The van der Waals surface area contributed by atoms with Crippen LogP contribution in [0.15, 0.2) is 109 Å². The summed E-state index contributed by atoms with van der Waals surface area (Å²) in [6.45, 7) is 4.39. The van der Waals surface area contributed by atoms with E-state index in [2.05, 4.69) is 61.2 Å². The van der Waals surface area contributed by atoms with Crippen LogP contribution < -0.4 is 4.90 Å². The molecule has 0 bridgehead atoms. The van der Waals surface area contributed by atoms with E-state index in [1.54, 1.807) is 6.07 Å². The predicted molar refractivity (Wildman–Crippen MR) is 156 cm³/mol. The number of benzene rings is 3. The van der Waals surface area contributed by atoms with Crippen LogP contribution in [0, 0.1) is 6.07 Å². The summed E-state index contributed by atoms with van der Waals surface area (Å²) in [6.07, 6.45) is 3.70. The van der Waals surface area contributed by atoms with E-state index in [-0.39, 0.29) is 32.2 Å². The largest absolute Gasteiger partial charge is 0.506 e. The third-order valence-electron chi connectivity index (χ3n) is 7.50. The van der Waals surface area contributed by atoms with Gasteiger partial charge in [-0.3, -0.25) is 9.97 Å². The van der Waals surface area contributed by atoms with Gasteiger partial charge in [0.1, 0.15) is 17.1 Å². The molecule has 0 radical (unpaired) electrons. The van der Waals surface area contributed by atoms with Crippen LogP contribution in [0.4, 0.5) is 17.2 Å². The fourth-order valence-electron chi connectivity index (χ4n) is 5.49. The number of para-hydroxylation sites is 1. The van der Waals surface area contributed by atoms with Gasteiger partial charge in [0, 0.05) is 44.3 Å². The van der Waals surface area contributed by atoms with Gasteiger partial charge >= 0.3 is 0 Å². The molecule has 198 valence electrons. The van der Waals surface area contributed by atoms with Crippen LogP contribution in [0.1, 0.15) is 25.1 Å². The van der Waals surface area contributed by atoms with E-state index in [4.69, 9.17) is 15.0 Å². The van der Waals surface area contributed by atoms with E-state index in [1.165, 1.54) is 0 Å². The molecule has 0 unspecified atom stereocenters. The predicted octanol–water partition coefficient (Wildman–Crippen LogP) is 7.97. The first-order chi connectivity index (χ1) is 19.0. The molecule has 1 aliphatic rings. The van der Waals surface area contributed by atoms with Gasteiger partial charge in [-0.05, 0) is 52.8 Å². The van der Waals surface area contributed by atoms with Crippen molar-refractivity contribution < 1.29 is 26.2 Å². The Balaban J connectivity index is 0.00000289. The first-order valence-corrected chi connectivity index (χ1v) is 12.9. The number of anilines is 3. The zero-order chi connectivity index (χ0) is 26.6. The van der Waals surface area contributed by atoms with Crippen LogP contribution in [-0.2, 0) is 26.5 Å². The zero-order valence-electron chi connectivity index (χ0n) is 21.9. The Morgan fingerprint density at radius 1 is 0.775 bits per heavy atom. The molecule has 0 fully saturated rings. The molecule has 6 aromatic rings. The van der Waals surface area contributed by atoms with Crippen molar-refractivity contribution in [1.82, 2.24) is 15.0 Å². The number of fused-ring (bicyclic) bond motifs is 3. The summed E-state index contributed by atoms with van der Waals surface area (Å²) in [6, 6.07) is 35.8. The summed E-state index contributed by atoms with van der Waals surface area (Å²) in [5.74, 6) is 0.955. The van der Waals surface area contributed by atoms with Crippen LogP contribution in [0.2, 0.25) is 0 Å². The van der Waals surface area contributed by atoms with Gasteiger partial charge in [-0.25, -0.2) is 4.98 Å². The average molecular weight is 701 g/mol. The van der Waals surface area contributed by atoms with Crippen molar-refractivity contribution in [3.8, 4) is 28.1 Å². The number of hydrogen-bond acceptors (Lipinski definition) is 5. The Kier molecular flexibility index (Phi) is 6.48. The Bertz CT molecular complexity index is 1870. The summed E-state index contributed by atoms with van der Waals surface area (Å²) >= 11 is 0. The van der Waals surface area contributed by atoms with Crippen LogP contribution in [0.3, 0.4) is 0 Å². The normalized spacial score (nSPS) is 13.3. The second kappa shape index (κ2) is 10.0. The van der Waals surface area contributed by atoms with Crippen LogP contribution in [-0.4, -0.2) is 20.1 Å². The monoisotopic (exact) mass is 700 g/mol. The van der Waals surface area contributed by atoms with Crippen molar-refractivity contribution in [3.05, 3.63) is 127 Å². The maximum absolute atomic E-state index is 10.4. The number of phenolic OH excluding ortho intramolecular Hbond substituents is 1. The SMILES string of the molecule is CC1(C)c2ccc(-c3ccc4cccc(O)c4n3)[c-]c2N(c2cc(-c3ccccc3)ccn2)c2cccnc21.[Pt]. The zero-order valence-corrected chi connectivity index (χ0v) is 24.2. The molecule has 0 amide bonds. The molecular formula is C34H25N4OPt-. The van der Waals surface area contributed by atoms with Crippen molar-refractivity contribution >= 4 is 28.1 Å². The third kappa shape index (κ3) is 4.18. The summed E-state index contributed by atoms with van der Waals surface area (Å²) in [7, 11) is 0. The molecule has 3 aromatic heterocycles. The Morgan fingerprint density at radius 3 is 2.48 bits per heavy atom. The molecular weight excluding hydrogens is 675 g/mol. The van der Waals surface area contributed by atoms with Crippen molar-refractivity contribution in [2.75, 3.05) is 4.90 Å². The number of phenols is 1. The van der Waals surface area contributed by atoms with E-state index in [1.807, 2.05) is 67.0 Å². The average Bonchev–Trinajstić information content (AvgIpc) is 2.98. The van der Waals surface area contributed by atoms with Gasteiger partial charge in [-0.1, -0.05) is 74.0 Å². The first-order valence-electron chi connectivity index (χ1n) is 12.9. The quantitative estimate of drug-likeness (QED) is 0.190. The van der Waals surface area contributed by atoms with Crippen molar-refractivity contribution in [2.45, 2.75) is 19.3 Å². The minimum Gasteiger partial charge on any atom is -0.506 e. The Labute approximate surface area is 247 Å². The molecule has 1 aliphatic heterocycles. The molecule has 40 heavy (non-hydrogen) atoms. The molecule has 0 atom stereocenters. The number of aromatic nitrogens is 3. The minimum atomic E-state index is -0.344. The van der Waals surface area contributed by atoms with Crippen LogP contribution in [0.25, 0.3) is 33.3 Å². The molecule has 6 heteroatoms. The van der Waals surface area contributed by atoms with Gasteiger partial charge in [0.25, 0.3) is 0 Å². The second-order valence-corrected chi connectivity index (χ2v) is 10.3. The summed E-state index contributed by atoms with van der Waals surface area (Å²) in [4.78, 5) is 16.6. The van der Waals surface area contributed by atoms with Gasteiger partial charge in [-0.2, -0.15) is 0 Å². The maximum Gasteiger partial charge on any atom is 0.140 e. The van der Waals surface area contributed by atoms with Crippen LogP contribution in [0.5, 0.6) is 5.75 Å². The molecule has 5 nitrogen and oxygen atoms in total. The summed E-state index contributed by atoms with van der Waals surface area (Å²) in [5, 5.41) is 11.3. The van der Waals surface area contributed by atoms with Gasteiger partial charge in [0.05, 0.1) is 11.4 Å². The van der Waals surface area contributed by atoms with E-state index in [0.717, 1.165) is 56.2 Å².